The van der Waals surface area contributed by atoms with Crippen molar-refractivity contribution in [3.63, 3.8) is 0 Å². The molecule has 88 valence electrons. The fraction of sp³-hybridized carbons (Fsp3) is 0.154. The van der Waals surface area contributed by atoms with Crippen molar-refractivity contribution in [2.45, 2.75) is 6.92 Å². The van der Waals surface area contributed by atoms with Crippen molar-refractivity contribution in [2.24, 2.45) is 0 Å². The zero-order valence-corrected chi connectivity index (χ0v) is 9.70. The molecule has 0 atom stereocenters. The third kappa shape index (κ3) is 1.93. The number of nitrogens with zero attached hydrogens (tertiary/aromatic N) is 1. The molecule has 0 bridgehead atoms. The lowest BCUT2D eigenvalue weighted by Gasteiger charge is -2.10. The van der Waals surface area contributed by atoms with Gasteiger partial charge in [-0.1, -0.05) is 12.1 Å². The van der Waals surface area contributed by atoms with Crippen LogP contribution < -0.4 is 10.5 Å². The summed E-state index contributed by atoms with van der Waals surface area (Å²) in [5, 5.41) is 0. The minimum Gasteiger partial charge on any atom is -0.494 e. The van der Waals surface area contributed by atoms with Crippen LogP contribution in [0, 0.1) is 12.7 Å². The number of hydrogen-bond donors (Lipinski definition) is 1. The summed E-state index contributed by atoms with van der Waals surface area (Å²) in [6.45, 7) is 1.84. The maximum absolute atomic E-state index is 14.1. The summed E-state index contributed by atoms with van der Waals surface area (Å²) in [6, 6.07) is 5.00. The van der Waals surface area contributed by atoms with Crippen LogP contribution >= 0.6 is 0 Å². The number of anilines is 1. The lowest BCUT2D eigenvalue weighted by Crippen LogP contribution is -1.97. The number of rotatable bonds is 2. The van der Waals surface area contributed by atoms with Crippen LogP contribution in [0.1, 0.15) is 5.56 Å². The van der Waals surface area contributed by atoms with Crippen molar-refractivity contribution in [2.75, 3.05) is 12.8 Å². The number of ether oxygens (including phenoxy) is 1. The highest BCUT2D eigenvalue weighted by molar-refractivity contribution is 5.72. The van der Waals surface area contributed by atoms with Gasteiger partial charge in [-0.2, -0.15) is 0 Å². The highest BCUT2D eigenvalue weighted by Crippen LogP contribution is 2.32. The first-order chi connectivity index (χ1) is 8.15. The fourth-order valence-electron chi connectivity index (χ4n) is 1.69. The molecule has 3 nitrogen and oxygen atoms in total. The Morgan fingerprint density at radius 2 is 2.00 bits per heavy atom. The number of aromatic nitrogens is 1. The number of halogens is 1. The van der Waals surface area contributed by atoms with Crippen molar-refractivity contribution in [1.29, 1.82) is 0 Å². The molecule has 0 aliphatic rings. The second kappa shape index (κ2) is 4.41. The van der Waals surface area contributed by atoms with Crippen LogP contribution in [0.25, 0.3) is 11.1 Å². The number of pyridine rings is 1. The first-order valence-electron chi connectivity index (χ1n) is 5.18. The van der Waals surface area contributed by atoms with Crippen molar-refractivity contribution < 1.29 is 9.13 Å². The molecule has 0 saturated carbocycles. The van der Waals surface area contributed by atoms with Gasteiger partial charge in [-0.15, -0.1) is 0 Å². The Morgan fingerprint density at radius 1 is 1.24 bits per heavy atom. The predicted octanol–water partition coefficient (Wildman–Crippen LogP) is 2.79. The molecule has 1 aromatic heterocycles. The Labute approximate surface area is 99.1 Å². The van der Waals surface area contributed by atoms with Gasteiger partial charge in [0.1, 0.15) is 0 Å². The van der Waals surface area contributed by atoms with E-state index in [2.05, 4.69) is 4.98 Å². The van der Waals surface area contributed by atoms with E-state index in [1.54, 1.807) is 30.6 Å². The van der Waals surface area contributed by atoms with Crippen LogP contribution in [-0.2, 0) is 0 Å². The van der Waals surface area contributed by atoms with E-state index in [9.17, 15) is 4.39 Å². The SMILES string of the molecule is COc1cccc(-c2cncc(N)c2C)c1F. The normalized spacial score (nSPS) is 10.3. The molecule has 2 N–H and O–H groups in total. The molecular formula is C13H13FN2O. The van der Waals surface area contributed by atoms with Gasteiger partial charge < -0.3 is 10.5 Å². The second-order valence-corrected chi connectivity index (χ2v) is 3.72. The van der Waals surface area contributed by atoms with Gasteiger partial charge in [-0.25, -0.2) is 4.39 Å². The molecule has 0 saturated heterocycles. The van der Waals surface area contributed by atoms with Gasteiger partial charge in [0.25, 0.3) is 0 Å². The highest BCUT2D eigenvalue weighted by Gasteiger charge is 2.13. The molecule has 4 heteroatoms. The van der Waals surface area contributed by atoms with E-state index in [-0.39, 0.29) is 5.75 Å². The largest absolute Gasteiger partial charge is 0.494 e. The number of benzene rings is 1. The van der Waals surface area contributed by atoms with Crippen LogP contribution in [-0.4, -0.2) is 12.1 Å². The Kier molecular flexibility index (Phi) is 2.95. The molecule has 0 unspecified atom stereocenters. The van der Waals surface area contributed by atoms with Gasteiger partial charge in [0.2, 0.25) is 0 Å². The van der Waals surface area contributed by atoms with Gasteiger partial charge in [0, 0.05) is 17.3 Å². The molecule has 0 aliphatic heterocycles. The van der Waals surface area contributed by atoms with E-state index in [1.165, 1.54) is 7.11 Å². The average Bonchev–Trinajstić information content (AvgIpc) is 2.33. The lowest BCUT2D eigenvalue weighted by molar-refractivity contribution is 0.387. The Morgan fingerprint density at radius 3 is 2.71 bits per heavy atom. The standard InChI is InChI=1S/C13H13FN2O/c1-8-10(6-16-7-11(8)15)9-4-3-5-12(17-2)13(9)14/h3-7H,15H2,1-2H3. The van der Waals surface area contributed by atoms with Gasteiger partial charge in [-0.05, 0) is 18.6 Å². The average molecular weight is 232 g/mol. The van der Waals surface area contributed by atoms with Crippen molar-refractivity contribution in [3.05, 3.63) is 42.0 Å². The minimum absolute atomic E-state index is 0.212. The van der Waals surface area contributed by atoms with E-state index in [0.29, 0.717) is 16.8 Å². The van der Waals surface area contributed by atoms with E-state index in [4.69, 9.17) is 10.5 Å². The summed E-state index contributed by atoms with van der Waals surface area (Å²) < 4.78 is 19.0. The molecule has 2 aromatic rings. The molecular weight excluding hydrogens is 219 g/mol. The lowest BCUT2D eigenvalue weighted by atomic mass is 10.0. The maximum atomic E-state index is 14.1. The van der Waals surface area contributed by atoms with Gasteiger partial charge in [0.05, 0.1) is 19.0 Å². The molecule has 2 rings (SSSR count). The highest BCUT2D eigenvalue weighted by atomic mass is 19.1. The zero-order chi connectivity index (χ0) is 12.4. The molecule has 1 aromatic carbocycles. The summed E-state index contributed by atoms with van der Waals surface area (Å²) in [4.78, 5) is 3.99. The minimum atomic E-state index is -0.398. The van der Waals surface area contributed by atoms with E-state index in [1.807, 2.05) is 6.92 Å². The predicted molar refractivity (Wildman–Crippen MR) is 65.3 cm³/mol. The maximum Gasteiger partial charge on any atom is 0.172 e. The third-order valence-electron chi connectivity index (χ3n) is 2.73. The van der Waals surface area contributed by atoms with Crippen molar-refractivity contribution in [1.82, 2.24) is 4.98 Å². The summed E-state index contributed by atoms with van der Waals surface area (Å²) in [5.41, 5.74) is 8.25. The Balaban J connectivity index is 2.65. The smallest absolute Gasteiger partial charge is 0.172 e. The molecule has 0 fully saturated rings. The van der Waals surface area contributed by atoms with E-state index < -0.39 is 5.82 Å². The fourth-order valence-corrected chi connectivity index (χ4v) is 1.69. The van der Waals surface area contributed by atoms with Crippen molar-refractivity contribution in [3.8, 4) is 16.9 Å². The van der Waals surface area contributed by atoms with E-state index >= 15 is 0 Å². The van der Waals surface area contributed by atoms with Crippen molar-refractivity contribution >= 4 is 5.69 Å². The third-order valence-corrected chi connectivity index (χ3v) is 2.73. The first kappa shape index (κ1) is 11.4. The number of nitrogens with two attached hydrogens (primary N) is 1. The Hall–Kier alpha value is -2.10. The van der Waals surface area contributed by atoms with Crippen LogP contribution in [0.3, 0.4) is 0 Å². The van der Waals surface area contributed by atoms with Crippen LogP contribution in [0.15, 0.2) is 30.6 Å². The summed E-state index contributed by atoms with van der Waals surface area (Å²) in [7, 11) is 1.44. The van der Waals surface area contributed by atoms with Crippen LogP contribution in [0.2, 0.25) is 0 Å². The van der Waals surface area contributed by atoms with Gasteiger partial charge in [-0.3, -0.25) is 4.98 Å². The van der Waals surface area contributed by atoms with Crippen LogP contribution in [0.5, 0.6) is 5.75 Å². The molecule has 0 spiro atoms. The monoisotopic (exact) mass is 232 g/mol. The van der Waals surface area contributed by atoms with E-state index in [0.717, 1.165) is 5.56 Å². The molecule has 17 heavy (non-hydrogen) atoms. The van der Waals surface area contributed by atoms with Crippen LogP contribution in [0.4, 0.5) is 10.1 Å². The molecule has 0 radical (unpaired) electrons. The molecule has 1 heterocycles. The number of nitrogen functional groups attached to an aromatic ring is 1. The Bertz CT molecular complexity index is 555. The quantitative estimate of drug-likeness (QED) is 0.866. The summed E-state index contributed by atoms with van der Waals surface area (Å²) >= 11 is 0. The summed E-state index contributed by atoms with van der Waals surface area (Å²) in [5.74, 6) is -0.185. The van der Waals surface area contributed by atoms with Gasteiger partial charge >= 0.3 is 0 Å². The number of hydrogen-bond acceptors (Lipinski definition) is 3. The topological polar surface area (TPSA) is 48.1 Å². The second-order valence-electron chi connectivity index (χ2n) is 3.72. The van der Waals surface area contributed by atoms with Gasteiger partial charge in [0.15, 0.2) is 11.6 Å². The molecule has 0 amide bonds. The summed E-state index contributed by atoms with van der Waals surface area (Å²) in [6.07, 6.45) is 3.15. The zero-order valence-electron chi connectivity index (χ0n) is 9.70. The number of methoxy groups -OCH3 is 1. The molecule has 0 aliphatic carbocycles. The first-order valence-corrected chi connectivity index (χ1v) is 5.18.